The molecule has 0 N–H and O–H groups in total. The van der Waals surface area contributed by atoms with Gasteiger partial charge in [0.15, 0.2) is 5.13 Å². The number of aryl methyl sites for hydroxylation is 2. The minimum Gasteiger partial charge on any atom is -0.348 e. The van der Waals surface area contributed by atoms with Crippen LogP contribution in [0.5, 0.6) is 0 Å². The lowest BCUT2D eigenvalue weighted by Crippen LogP contribution is -2.19. The highest BCUT2D eigenvalue weighted by atomic mass is 32.1. The maximum Gasteiger partial charge on any atom is 0.185 e. The molecule has 20 heavy (non-hydrogen) atoms. The zero-order valence-electron chi connectivity index (χ0n) is 12.3. The Labute approximate surface area is 123 Å². The first kappa shape index (κ1) is 13.5. The topological polar surface area (TPSA) is 46.8 Å². The molecule has 5 nitrogen and oxygen atoms in total. The monoisotopic (exact) mass is 291 g/mol. The smallest absolute Gasteiger partial charge is 0.185 e. The van der Waals surface area contributed by atoms with Gasteiger partial charge >= 0.3 is 0 Å². The maximum atomic E-state index is 4.77. The van der Waals surface area contributed by atoms with Crippen molar-refractivity contribution < 1.29 is 0 Å². The molecule has 1 aliphatic rings. The Balaban J connectivity index is 1.81. The normalized spacial score (nSPS) is 18.9. The second-order valence-electron chi connectivity index (χ2n) is 5.35. The Morgan fingerprint density at radius 1 is 1.35 bits per heavy atom. The summed E-state index contributed by atoms with van der Waals surface area (Å²) in [6, 6.07) is 0. The molecule has 6 heteroatoms. The highest BCUT2D eigenvalue weighted by Crippen LogP contribution is 2.31. The van der Waals surface area contributed by atoms with E-state index in [1.165, 1.54) is 12.8 Å². The van der Waals surface area contributed by atoms with E-state index in [-0.39, 0.29) is 0 Å². The van der Waals surface area contributed by atoms with Gasteiger partial charge in [0.1, 0.15) is 11.4 Å². The van der Waals surface area contributed by atoms with Crippen LogP contribution in [0.4, 0.5) is 5.13 Å². The molecule has 108 valence electrons. The molecule has 0 aromatic carbocycles. The van der Waals surface area contributed by atoms with Crippen LogP contribution in [0.15, 0.2) is 5.38 Å². The van der Waals surface area contributed by atoms with E-state index in [1.807, 2.05) is 13.8 Å². The number of anilines is 1. The molecule has 0 aliphatic carbocycles. The van der Waals surface area contributed by atoms with E-state index in [2.05, 4.69) is 27.4 Å². The van der Waals surface area contributed by atoms with Gasteiger partial charge < -0.3 is 4.90 Å². The van der Waals surface area contributed by atoms with Crippen molar-refractivity contribution in [2.45, 2.75) is 40.2 Å². The van der Waals surface area contributed by atoms with Gasteiger partial charge in [-0.3, -0.25) is 0 Å². The van der Waals surface area contributed by atoms with Gasteiger partial charge in [-0.25, -0.2) is 4.98 Å². The summed E-state index contributed by atoms with van der Waals surface area (Å²) in [5, 5.41) is 12.1. The van der Waals surface area contributed by atoms with Crippen molar-refractivity contribution in [2.24, 2.45) is 5.92 Å². The van der Waals surface area contributed by atoms with Crippen LogP contribution < -0.4 is 4.90 Å². The fourth-order valence-electron chi connectivity index (χ4n) is 2.67. The molecular weight excluding hydrogens is 270 g/mol. The molecule has 1 unspecified atom stereocenters. The molecule has 0 radical (unpaired) electrons. The van der Waals surface area contributed by atoms with Crippen LogP contribution in [-0.2, 0) is 6.54 Å². The highest BCUT2D eigenvalue weighted by Gasteiger charge is 2.24. The lowest BCUT2D eigenvalue weighted by molar-refractivity contribution is 0.567. The van der Waals surface area contributed by atoms with Crippen molar-refractivity contribution in [2.75, 3.05) is 18.0 Å². The summed E-state index contributed by atoms with van der Waals surface area (Å²) in [5.74, 6) is 0.824. The molecule has 2 aromatic rings. The van der Waals surface area contributed by atoms with E-state index >= 15 is 0 Å². The zero-order valence-corrected chi connectivity index (χ0v) is 13.2. The van der Waals surface area contributed by atoms with E-state index in [0.717, 1.165) is 47.8 Å². The van der Waals surface area contributed by atoms with Crippen molar-refractivity contribution in [1.29, 1.82) is 0 Å². The largest absolute Gasteiger partial charge is 0.348 e. The van der Waals surface area contributed by atoms with Crippen LogP contribution in [0.25, 0.3) is 11.4 Å². The summed E-state index contributed by atoms with van der Waals surface area (Å²) in [7, 11) is 0. The maximum absolute atomic E-state index is 4.77. The minimum absolute atomic E-state index is 0.794. The van der Waals surface area contributed by atoms with Gasteiger partial charge in [-0.1, -0.05) is 13.3 Å². The first-order valence-corrected chi connectivity index (χ1v) is 8.21. The van der Waals surface area contributed by atoms with Gasteiger partial charge in [0.05, 0.1) is 12.2 Å². The molecule has 0 amide bonds. The van der Waals surface area contributed by atoms with E-state index in [1.54, 1.807) is 16.1 Å². The number of rotatable bonds is 4. The summed E-state index contributed by atoms with van der Waals surface area (Å²) >= 11 is 1.72. The second kappa shape index (κ2) is 5.52. The van der Waals surface area contributed by atoms with E-state index in [0.29, 0.717) is 0 Å². The van der Waals surface area contributed by atoms with Gasteiger partial charge in [0.2, 0.25) is 0 Å². The molecular formula is C14H21N5S. The van der Waals surface area contributed by atoms with Crippen LogP contribution >= 0.6 is 11.3 Å². The summed E-state index contributed by atoms with van der Waals surface area (Å²) in [6.45, 7) is 9.38. The molecule has 1 fully saturated rings. The molecule has 1 saturated heterocycles. The molecule has 1 aliphatic heterocycles. The van der Waals surface area contributed by atoms with E-state index < -0.39 is 0 Å². The third-order valence-corrected chi connectivity index (χ3v) is 4.88. The van der Waals surface area contributed by atoms with Crippen molar-refractivity contribution in [1.82, 2.24) is 20.0 Å². The quantitative estimate of drug-likeness (QED) is 0.869. The molecule has 0 spiro atoms. The second-order valence-corrected chi connectivity index (χ2v) is 6.18. The number of thiazole rings is 1. The average Bonchev–Trinajstić information content (AvgIpc) is 3.16. The zero-order chi connectivity index (χ0) is 14.1. The molecule has 3 heterocycles. The van der Waals surface area contributed by atoms with Crippen LogP contribution in [0.2, 0.25) is 0 Å². The third-order valence-electron chi connectivity index (χ3n) is 3.97. The fraction of sp³-hybridized carbons (Fsp3) is 0.643. The summed E-state index contributed by atoms with van der Waals surface area (Å²) in [5.41, 5.74) is 2.83. The average molecular weight is 291 g/mol. The van der Waals surface area contributed by atoms with Gasteiger partial charge in [-0.2, -0.15) is 15.0 Å². The van der Waals surface area contributed by atoms with Crippen LogP contribution in [0, 0.1) is 12.8 Å². The number of aromatic nitrogens is 4. The number of hydrogen-bond acceptors (Lipinski definition) is 5. The van der Waals surface area contributed by atoms with Gasteiger partial charge in [-0.15, -0.1) is 11.3 Å². The summed E-state index contributed by atoms with van der Waals surface area (Å²) < 4.78 is 0. The van der Waals surface area contributed by atoms with E-state index in [9.17, 15) is 0 Å². The van der Waals surface area contributed by atoms with Crippen molar-refractivity contribution in [3.05, 3.63) is 11.1 Å². The third kappa shape index (κ3) is 2.44. The summed E-state index contributed by atoms with van der Waals surface area (Å²) in [6.07, 6.45) is 2.55. The fourth-order valence-corrected chi connectivity index (χ4v) is 3.51. The Kier molecular flexibility index (Phi) is 3.74. The first-order valence-electron chi connectivity index (χ1n) is 7.33. The Bertz CT molecular complexity index is 588. The molecule has 0 saturated carbocycles. The van der Waals surface area contributed by atoms with E-state index in [4.69, 9.17) is 4.98 Å². The predicted molar refractivity (Wildman–Crippen MR) is 82.2 cm³/mol. The molecule has 2 aromatic heterocycles. The Morgan fingerprint density at radius 2 is 2.20 bits per heavy atom. The predicted octanol–water partition coefficient (Wildman–Crippen LogP) is 2.97. The van der Waals surface area contributed by atoms with Crippen molar-refractivity contribution in [3.63, 3.8) is 0 Å². The van der Waals surface area contributed by atoms with Crippen LogP contribution in [0.3, 0.4) is 0 Å². The van der Waals surface area contributed by atoms with Crippen LogP contribution in [-0.4, -0.2) is 33.1 Å². The minimum atomic E-state index is 0.794. The van der Waals surface area contributed by atoms with Crippen molar-refractivity contribution >= 4 is 16.5 Å². The molecule has 0 bridgehead atoms. The molecule has 3 rings (SSSR count). The Morgan fingerprint density at radius 3 is 2.85 bits per heavy atom. The standard InChI is InChI=1S/C14H21N5S/c1-4-11-6-7-18(8-11)14-15-12(9-20-14)13-10(3)16-19(5-2)17-13/h9,11H,4-8H2,1-3H3. The SMILES string of the molecule is CCC1CCN(c2nc(-c3nn(CC)nc3C)cs2)C1. The lowest BCUT2D eigenvalue weighted by atomic mass is 10.1. The lowest BCUT2D eigenvalue weighted by Gasteiger charge is -2.13. The Hall–Kier alpha value is -1.43. The number of hydrogen-bond donors (Lipinski definition) is 0. The van der Waals surface area contributed by atoms with Crippen molar-refractivity contribution in [3.8, 4) is 11.4 Å². The van der Waals surface area contributed by atoms with Gasteiger partial charge in [0.25, 0.3) is 0 Å². The number of nitrogens with zero attached hydrogens (tertiary/aromatic N) is 5. The molecule has 1 atom stereocenters. The van der Waals surface area contributed by atoms with Gasteiger partial charge in [-0.05, 0) is 26.2 Å². The van der Waals surface area contributed by atoms with Crippen LogP contribution in [0.1, 0.15) is 32.4 Å². The highest BCUT2D eigenvalue weighted by molar-refractivity contribution is 7.14. The summed E-state index contributed by atoms with van der Waals surface area (Å²) in [4.78, 5) is 8.90. The first-order chi connectivity index (χ1) is 9.71. The van der Waals surface area contributed by atoms with Gasteiger partial charge in [0, 0.05) is 18.5 Å².